The van der Waals surface area contributed by atoms with E-state index >= 15 is 0 Å². The van der Waals surface area contributed by atoms with Gasteiger partial charge in [-0.05, 0) is 49.9 Å². The molecule has 180 valence electrons. The van der Waals surface area contributed by atoms with Crippen LogP contribution in [0.5, 0.6) is 0 Å². The van der Waals surface area contributed by atoms with Crippen molar-refractivity contribution in [2.24, 2.45) is 0 Å². The summed E-state index contributed by atoms with van der Waals surface area (Å²) < 4.78 is 30.9. The van der Waals surface area contributed by atoms with Crippen molar-refractivity contribution in [1.29, 1.82) is 0 Å². The lowest BCUT2D eigenvalue weighted by Crippen LogP contribution is -2.49. The Morgan fingerprint density at radius 1 is 1.00 bits per heavy atom. The van der Waals surface area contributed by atoms with Crippen LogP contribution in [0.1, 0.15) is 64.2 Å². The van der Waals surface area contributed by atoms with E-state index < -0.39 is 10.0 Å². The number of rotatable bonds is 8. The van der Waals surface area contributed by atoms with Crippen LogP contribution in [0.3, 0.4) is 0 Å². The first-order chi connectivity index (χ1) is 15.9. The third-order valence-corrected chi connectivity index (χ3v) is 7.79. The van der Waals surface area contributed by atoms with E-state index in [1.54, 1.807) is 24.3 Å². The zero-order valence-corrected chi connectivity index (χ0v) is 20.7. The summed E-state index contributed by atoms with van der Waals surface area (Å²) in [5.74, 6) is 0.813. The second kappa shape index (κ2) is 10.9. The standard InChI is InChI=1S/C23H32N4O4S2/c1-33(29,30)26-18-14-12-17(13-15-18)22-24-25-23(31-22)32-16-21(28)27(19-8-4-2-5-9-19)20-10-6-3-7-11-20/h12-15,19-20,26H,2-11,16H2,1H3. The fourth-order valence-electron chi connectivity index (χ4n) is 4.90. The summed E-state index contributed by atoms with van der Waals surface area (Å²) in [5.41, 5.74) is 1.15. The molecule has 2 saturated carbocycles. The fourth-order valence-corrected chi connectivity index (χ4v) is 6.10. The number of hydrogen-bond donors (Lipinski definition) is 1. The number of nitrogens with one attached hydrogen (secondary N) is 1. The largest absolute Gasteiger partial charge is 0.411 e. The van der Waals surface area contributed by atoms with Gasteiger partial charge in [0.2, 0.25) is 21.8 Å². The molecule has 0 radical (unpaired) electrons. The smallest absolute Gasteiger partial charge is 0.277 e. The van der Waals surface area contributed by atoms with Gasteiger partial charge in [-0.15, -0.1) is 10.2 Å². The molecule has 2 aliphatic rings. The highest BCUT2D eigenvalue weighted by Gasteiger charge is 2.32. The van der Waals surface area contributed by atoms with Crippen LogP contribution in [0.4, 0.5) is 5.69 Å². The molecule has 1 aromatic heterocycles. The number of carbonyl (C=O) groups is 1. The minimum absolute atomic E-state index is 0.176. The number of hydrogen-bond acceptors (Lipinski definition) is 7. The van der Waals surface area contributed by atoms with E-state index in [0.29, 0.717) is 40.2 Å². The first-order valence-electron chi connectivity index (χ1n) is 11.7. The Bertz CT molecular complexity index is 1010. The lowest BCUT2D eigenvalue weighted by Gasteiger charge is -2.41. The number of benzene rings is 1. The lowest BCUT2D eigenvalue weighted by molar-refractivity contribution is -0.135. The van der Waals surface area contributed by atoms with E-state index in [2.05, 4.69) is 19.8 Å². The van der Waals surface area contributed by atoms with Crippen molar-refractivity contribution < 1.29 is 17.6 Å². The average Bonchev–Trinajstić information content (AvgIpc) is 3.28. The molecular formula is C23H32N4O4S2. The quantitative estimate of drug-likeness (QED) is 0.533. The van der Waals surface area contributed by atoms with Gasteiger partial charge in [-0.2, -0.15) is 0 Å². The fraction of sp³-hybridized carbons (Fsp3) is 0.609. The van der Waals surface area contributed by atoms with Crippen molar-refractivity contribution in [1.82, 2.24) is 15.1 Å². The molecule has 0 atom stereocenters. The minimum Gasteiger partial charge on any atom is -0.411 e. The first kappa shape index (κ1) is 24.1. The van der Waals surface area contributed by atoms with E-state index in [1.807, 2.05) is 0 Å². The van der Waals surface area contributed by atoms with Gasteiger partial charge in [-0.1, -0.05) is 50.3 Å². The molecule has 33 heavy (non-hydrogen) atoms. The van der Waals surface area contributed by atoms with Gasteiger partial charge in [-0.3, -0.25) is 9.52 Å². The highest BCUT2D eigenvalue weighted by atomic mass is 32.2. The summed E-state index contributed by atoms with van der Waals surface area (Å²) >= 11 is 1.29. The van der Waals surface area contributed by atoms with E-state index in [4.69, 9.17) is 4.42 Å². The summed E-state index contributed by atoms with van der Waals surface area (Å²) in [6.07, 6.45) is 12.9. The Balaban J connectivity index is 1.38. The van der Waals surface area contributed by atoms with Crippen molar-refractivity contribution in [3.8, 4) is 11.5 Å². The molecule has 2 aromatic rings. The van der Waals surface area contributed by atoms with E-state index in [-0.39, 0.29) is 5.91 Å². The average molecular weight is 493 g/mol. The molecule has 10 heteroatoms. The molecule has 1 N–H and O–H groups in total. The van der Waals surface area contributed by atoms with Gasteiger partial charge in [0.05, 0.1) is 12.0 Å². The third kappa shape index (κ3) is 6.72. The predicted molar refractivity (Wildman–Crippen MR) is 130 cm³/mol. The number of anilines is 1. The number of carbonyl (C=O) groups excluding carboxylic acids is 1. The molecule has 2 aliphatic carbocycles. The lowest BCUT2D eigenvalue weighted by atomic mass is 9.88. The minimum atomic E-state index is -3.33. The van der Waals surface area contributed by atoms with Crippen molar-refractivity contribution >= 4 is 33.4 Å². The zero-order chi connectivity index (χ0) is 23.3. The predicted octanol–water partition coefficient (Wildman–Crippen LogP) is 4.69. The van der Waals surface area contributed by atoms with Gasteiger partial charge in [0, 0.05) is 23.3 Å². The van der Waals surface area contributed by atoms with Crippen LogP contribution in [0, 0.1) is 0 Å². The van der Waals surface area contributed by atoms with Gasteiger partial charge in [0.15, 0.2) is 0 Å². The van der Waals surface area contributed by atoms with Crippen LogP contribution < -0.4 is 4.72 Å². The summed E-state index contributed by atoms with van der Waals surface area (Å²) in [7, 11) is -3.33. The van der Waals surface area contributed by atoms with Gasteiger partial charge < -0.3 is 9.32 Å². The number of thioether (sulfide) groups is 1. The second-order valence-electron chi connectivity index (χ2n) is 9.00. The van der Waals surface area contributed by atoms with Crippen molar-refractivity contribution in [2.75, 3.05) is 16.7 Å². The normalized spacial score (nSPS) is 18.2. The van der Waals surface area contributed by atoms with Crippen molar-refractivity contribution in [2.45, 2.75) is 81.5 Å². The Morgan fingerprint density at radius 2 is 1.58 bits per heavy atom. The molecule has 0 saturated heterocycles. The van der Waals surface area contributed by atoms with E-state index in [1.165, 1.54) is 50.3 Å². The van der Waals surface area contributed by atoms with Crippen LogP contribution in [0.2, 0.25) is 0 Å². The monoisotopic (exact) mass is 492 g/mol. The highest BCUT2D eigenvalue weighted by Crippen LogP contribution is 2.32. The summed E-state index contributed by atoms with van der Waals surface area (Å²) in [6.45, 7) is 0. The number of amides is 1. The molecule has 1 amide bonds. The first-order valence-corrected chi connectivity index (χ1v) is 14.6. The molecule has 0 aliphatic heterocycles. The summed E-state index contributed by atoms with van der Waals surface area (Å²) in [6, 6.07) is 7.45. The van der Waals surface area contributed by atoms with Crippen molar-refractivity contribution in [3.05, 3.63) is 24.3 Å². The van der Waals surface area contributed by atoms with Crippen molar-refractivity contribution in [3.63, 3.8) is 0 Å². The van der Waals surface area contributed by atoms with Crippen LogP contribution in [-0.2, 0) is 14.8 Å². The molecule has 1 aromatic carbocycles. The van der Waals surface area contributed by atoms with Gasteiger partial charge in [0.25, 0.3) is 5.22 Å². The Labute approximate surface area is 200 Å². The Kier molecular flexibility index (Phi) is 7.95. The molecule has 1 heterocycles. The topological polar surface area (TPSA) is 105 Å². The van der Waals surface area contributed by atoms with Crippen LogP contribution in [0.15, 0.2) is 33.9 Å². The van der Waals surface area contributed by atoms with Gasteiger partial charge >= 0.3 is 0 Å². The van der Waals surface area contributed by atoms with E-state index in [9.17, 15) is 13.2 Å². The Morgan fingerprint density at radius 3 is 2.12 bits per heavy atom. The third-order valence-electron chi connectivity index (χ3n) is 6.38. The van der Waals surface area contributed by atoms with Gasteiger partial charge in [0.1, 0.15) is 0 Å². The second-order valence-corrected chi connectivity index (χ2v) is 11.7. The molecule has 4 rings (SSSR count). The summed E-state index contributed by atoms with van der Waals surface area (Å²) in [5, 5.41) is 8.55. The summed E-state index contributed by atoms with van der Waals surface area (Å²) in [4.78, 5) is 15.5. The van der Waals surface area contributed by atoms with Gasteiger partial charge in [-0.25, -0.2) is 8.42 Å². The maximum Gasteiger partial charge on any atom is 0.277 e. The molecular weight excluding hydrogens is 460 g/mol. The molecule has 0 bridgehead atoms. The Hall–Kier alpha value is -2.07. The number of nitrogens with zero attached hydrogens (tertiary/aromatic N) is 3. The van der Waals surface area contributed by atoms with Crippen LogP contribution in [-0.4, -0.2) is 53.5 Å². The SMILES string of the molecule is CS(=O)(=O)Nc1ccc(-c2nnc(SCC(=O)N(C3CCCCC3)C3CCCCC3)o2)cc1. The number of sulfonamides is 1. The van der Waals surface area contributed by atoms with Crippen LogP contribution in [0.25, 0.3) is 11.5 Å². The molecule has 0 spiro atoms. The zero-order valence-electron chi connectivity index (χ0n) is 19.0. The number of aromatic nitrogens is 2. The maximum atomic E-state index is 13.3. The van der Waals surface area contributed by atoms with E-state index in [0.717, 1.165) is 31.9 Å². The molecule has 2 fully saturated rings. The maximum absolute atomic E-state index is 13.3. The molecule has 8 nitrogen and oxygen atoms in total. The van der Waals surface area contributed by atoms with Crippen LogP contribution >= 0.6 is 11.8 Å². The highest BCUT2D eigenvalue weighted by molar-refractivity contribution is 7.99. The molecule has 0 unspecified atom stereocenters.